The first-order valence-corrected chi connectivity index (χ1v) is 9.32. The number of nitrogens with zero attached hydrogens (tertiary/aromatic N) is 5. The minimum absolute atomic E-state index is 0.574. The molecule has 0 radical (unpaired) electrons. The number of benzene rings is 1. The van der Waals surface area contributed by atoms with E-state index in [1.165, 1.54) is 0 Å². The molecule has 1 unspecified atom stereocenters. The second-order valence-electron chi connectivity index (χ2n) is 6.39. The van der Waals surface area contributed by atoms with Gasteiger partial charge in [0.1, 0.15) is 0 Å². The fourth-order valence-corrected chi connectivity index (χ4v) is 3.71. The minimum Gasteiger partial charge on any atom is -0.309 e. The number of hydrogen-bond acceptors (Lipinski definition) is 5. The SMILES string of the molecule is CC(CSc1nnc(-c2ccncc2)n1-c1ccccc1)CN(C)C. The fraction of sp³-hybridized carbons (Fsp3) is 0.316. The Morgan fingerprint density at radius 3 is 2.44 bits per heavy atom. The molecule has 0 bridgehead atoms. The summed E-state index contributed by atoms with van der Waals surface area (Å²) in [5.74, 6) is 2.42. The summed E-state index contributed by atoms with van der Waals surface area (Å²) in [6.45, 7) is 3.32. The molecule has 2 aromatic heterocycles. The number of hydrogen-bond donors (Lipinski definition) is 0. The Hall–Kier alpha value is -2.18. The zero-order chi connectivity index (χ0) is 17.6. The lowest BCUT2D eigenvalue weighted by molar-refractivity contribution is 0.356. The number of thioether (sulfide) groups is 1. The van der Waals surface area contributed by atoms with E-state index in [1.54, 1.807) is 24.2 Å². The maximum Gasteiger partial charge on any atom is 0.196 e. The lowest BCUT2D eigenvalue weighted by Gasteiger charge is -2.16. The molecule has 1 atom stereocenters. The van der Waals surface area contributed by atoms with Gasteiger partial charge in [-0.25, -0.2) is 0 Å². The zero-order valence-corrected chi connectivity index (χ0v) is 15.6. The summed E-state index contributed by atoms with van der Waals surface area (Å²) < 4.78 is 2.13. The van der Waals surface area contributed by atoms with Crippen molar-refractivity contribution in [2.45, 2.75) is 12.1 Å². The van der Waals surface area contributed by atoms with Crippen LogP contribution in [-0.2, 0) is 0 Å². The van der Waals surface area contributed by atoms with Gasteiger partial charge in [-0.1, -0.05) is 36.9 Å². The third kappa shape index (κ3) is 4.46. The number of rotatable bonds is 7. The van der Waals surface area contributed by atoms with E-state index >= 15 is 0 Å². The minimum atomic E-state index is 0.574. The molecule has 6 heteroatoms. The Labute approximate surface area is 153 Å². The summed E-state index contributed by atoms with van der Waals surface area (Å²) in [5, 5.41) is 9.84. The average Bonchev–Trinajstić information content (AvgIpc) is 3.05. The summed E-state index contributed by atoms with van der Waals surface area (Å²) in [7, 11) is 4.21. The van der Waals surface area contributed by atoms with Crippen LogP contribution in [0.25, 0.3) is 17.1 Å². The largest absolute Gasteiger partial charge is 0.309 e. The van der Waals surface area contributed by atoms with E-state index in [-0.39, 0.29) is 0 Å². The molecule has 3 aromatic rings. The molecule has 0 aliphatic rings. The Balaban J connectivity index is 1.92. The fourth-order valence-electron chi connectivity index (χ4n) is 2.75. The van der Waals surface area contributed by atoms with Crippen LogP contribution in [0, 0.1) is 5.92 Å². The van der Waals surface area contributed by atoms with Crippen molar-refractivity contribution in [2.24, 2.45) is 5.92 Å². The van der Waals surface area contributed by atoms with Crippen molar-refractivity contribution >= 4 is 11.8 Å². The molecule has 0 amide bonds. The van der Waals surface area contributed by atoms with Crippen LogP contribution in [0.2, 0.25) is 0 Å². The normalized spacial score (nSPS) is 12.5. The predicted octanol–water partition coefficient (Wildman–Crippen LogP) is 3.62. The van der Waals surface area contributed by atoms with Crippen LogP contribution in [0.15, 0.2) is 60.0 Å². The molecule has 5 nitrogen and oxygen atoms in total. The summed E-state index contributed by atoms with van der Waals surface area (Å²) >= 11 is 1.75. The molecule has 2 heterocycles. The second-order valence-corrected chi connectivity index (χ2v) is 7.38. The number of para-hydroxylation sites is 1. The molecule has 0 fully saturated rings. The molecule has 0 aliphatic carbocycles. The third-order valence-corrected chi connectivity index (χ3v) is 5.02. The van der Waals surface area contributed by atoms with Gasteiger partial charge in [0.2, 0.25) is 0 Å². The topological polar surface area (TPSA) is 46.8 Å². The summed E-state index contributed by atoms with van der Waals surface area (Å²) in [6, 6.07) is 14.2. The van der Waals surface area contributed by atoms with Crippen LogP contribution in [0.1, 0.15) is 6.92 Å². The van der Waals surface area contributed by atoms with Gasteiger partial charge >= 0.3 is 0 Å². The van der Waals surface area contributed by atoms with Crippen LogP contribution < -0.4 is 0 Å². The van der Waals surface area contributed by atoms with Crippen molar-refractivity contribution in [2.75, 3.05) is 26.4 Å². The van der Waals surface area contributed by atoms with E-state index in [2.05, 4.69) is 57.8 Å². The molecule has 0 spiro atoms. The maximum absolute atomic E-state index is 4.46. The summed E-state index contributed by atoms with van der Waals surface area (Å²) in [5.41, 5.74) is 2.08. The van der Waals surface area contributed by atoms with Gasteiger partial charge in [0.15, 0.2) is 11.0 Å². The molecule has 0 N–H and O–H groups in total. The van der Waals surface area contributed by atoms with Crippen molar-refractivity contribution in [3.63, 3.8) is 0 Å². The molecule has 25 heavy (non-hydrogen) atoms. The van der Waals surface area contributed by atoms with Crippen LogP contribution in [0.5, 0.6) is 0 Å². The highest BCUT2D eigenvalue weighted by Crippen LogP contribution is 2.28. The average molecular weight is 353 g/mol. The molecule has 0 saturated heterocycles. The van der Waals surface area contributed by atoms with Crippen molar-refractivity contribution in [3.8, 4) is 17.1 Å². The van der Waals surface area contributed by atoms with Gasteiger partial charge in [-0.15, -0.1) is 10.2 Å². The first-order valence-electron chi connectivity index (χ1n) is 8.34. The highest BCUT2D eigenvalue weighted by Gasteiger charge is 2.17. The van der Waals surface area contributed by atoms with Crippen LogP contribution >= 0.6 is 11.8 Å². The first kappa shape index (κ1) is 17.6. The Morgan fingerprint density at radius 1 is 1.04 bits per heavy atom. The molecule has 1 aromatic carbocycles. The molecular formula is C19H23N5S. The Morgan fingerprint density at radius 2 is 1.76 bits per heavy atom. The van der Waals surface area contributed by atoms with Crippen molar-refractivity contribution in [1.82, 2.24) is 24.6 Å². The smallest absolute Gasteiger partial charge is 0.196 e. The van der Waals surface area contributed by atoms with Gasteiger partial charge in [-0.2, -0.15) is 0 Å². The highest BCUT2D eigenvalue weighted by molar-refractivity contribution is 7.99. The molecular weight excluding hydrogens is 330 g/mol. The quantitative estimate of drug-likeness (QED) is 0.607. The maximum atomic E-state index is 4.46. The Kier molecular flexibility index (Phi) is 5.83. The van der Waals surface area contributed by atoms with E-state index in [0.29, 0.717) is 5.92 Å². The van der Waals surface area contributed by atoms with Gasteiger partial charge in [-0.05, 0) is 44.3 Å². The molecule has 130 valence electrons. The zero-order valence-electron chi connectivity index (χ0n) is 14.8. The van der Waals surface area contributed by atoms with Gasteiger partial charge in [0.05, 0.1) is 0 Å². The van der Waals surface area contributed by atoms with Crippen molar-refractivity contribution < 1.29 is 0 Å². The third-order valence-electron chi connectivity index (χ3n) is 3.76. The van der Waals surface area contributed by atoms with Gasteiger partial charge in [0, 0.05) is 35.9 Å². The standard InChI is InChI=1S/C19H23N5S/c1-15(13-23(2)3)14-25-19-22-21-18(16-9-11-20-12-10-16)24(19)17-7-5-4-6-8-17/h4-12,15H,13-14H2,1-3H3. The Bertz CT molecular complexity index is 786. The molecule has 0 saturated carbocycles. The lowest BCUT2D eigenvalue weighted by Crippen LogP contribution is -2.21. The summed E-state index contributed by atoms with van der Waals surface area (Å²) in [6.07, 6.45) is 3.57. The van der Waals surface area contributed by atoms with Gasteiger partial charge in [-0.3, -0.25) is 9.55 Å². The van der Waals surface area contributed by atoms with Gasteiger partial charge < -0.3 is 4.90 Å². The van der Waals surface area contributed by atoms with Crippen molar-refractivity contribution in [1.29, 1.82) is 0 Å². The number of pyridine rings is 1. The van der Waals surface area contributed by atoms with Crippen LogP contribution in [-0.4, -0.2) is 51.0 Å². The monoisotopic (exact) mass is 353 g/mol. The second kappa shape index (κ2) is 8.27. The van der Waals surface area contributed by atoms with E-state index in [1.807, 2.05) is 30.3 Å². The predicted molar refractivity (Wildman–Crippen MR) is 103 cm³/mol. The lowest BCUT2D eigenvalue weighted by atomic mass is 10.2. The van der Waals surface area contributed by atoms with Gasteiger partial charge in [0.25, 0.3) is 0 Å². The van der Waals surface area contributed by atoms with Crippen LogP contribution in [0.3, 0.4) is 0 Å². The van der Waals surface area contributed by atoms with E-state index in [9.17, 15) is 0 Å². The molecule has 3 rings (SSSR count). The van der Waals surface area contributed by atoms with E-state index < -0.39 is 0 Å². The highest BCUT2D eigenvalue weighted by atomic mass is 32.2. The van der Waals surface area contributed by atoms with Crippen molar-refractivity contribution in [3.05, 3.63) is 54.9 Å². The van der Waals surface area contributed by atoms with E-state index in [4.69, 9.17) is 0 Å². The molecule has 0 aliphatic heterocycles. The first-order chi connectivity index (χ1) is 12.1. The number of aromatic nitrogens is 4. The van der Waals surface area contributed by atoms with Crippen LogP contribution in [0.4, 0.5) is 0 Å². The summed E-state index contributed by atoms with van der Waals surface area (Å²) in [4.78, 5) is 6.32. The van der Waals surface area contributed by atoms with E-state index in [0.717, 1.165) is 34.5 Å².